The fraction of sp³-hybridized carbons (Fsp3) is 0.533. The van der Waals surface area contributed by atoms with Gasteiger partial charge in [-0.2, -0.15) is 0 Å². The molecule has 6 heteroatoms. The van der Waals surface area contributed by atoms with E-state index in [1.165, 1.54) is 0 Å². The smallest absolute Gasteiger partial charge is 0.226 e. The number of rotatable bonds is 5. The third-order valence-corrected chi connectivity index (χ3v) is 5.51. The normalized spacial score (nSPS) is 20.2. The van der Waals surface area contributed by atoms with Gasteiger partial charge in [0, 0.05) is 13.1 Å². The second-order valence-corrected chi connectivity index (χ2v) is 7.70. The lowest BCUT2D eigenvalue weighted by Gasteiger charge is -2.23. The summed E-state index contributed by atoms with van der Waals surface area (Å²) in [4.78, 5) is 13.6. The minimum absolute atomic E-state index is 0.0774. The number of carbonyl (C=O) groups is 1. The van der Waals surface area contributed by atoms with Crippen molar-refractivity contribution in [2.75, 3.05) is 25.2 Å². The summed E-state index contributed by atoms with van der Waals surface area (Å²) in [7, 11) is -1.30. The Morgan fingerprint density at radius 3 is 2.57 bits per heavy atom. The van der Waals surface area contributed by atoms with Crippen LogP contribution in [0.4, 0.5) is 0 Å². The molecule has 0 aromatic heterocycles. The number of carbonyl (C=O) groups excluding carboxylic acids is 1. The average Bonchev–Trinajstić information content (AvgIpc) is 2.80. The first-order valence-electron chi connectivity index (χ1n) is 7.03. The van der Waals surface area contributed by atoms with Crippen molar-refractivity contribution < 1.29 is 17.9 Å². The fourth-order valence-electron chi connectivity index (χ4n) is 2.35. The van der Waals surface area contributed by atoms with Gasteiger partial charge >= 0.3 is 0 Å². The molecule has 1 saturated heterocycles. The van der Waals surface area contributed by atoms with Crippen molar-refractivity contribution in [1.82, 2.24) is 4.90 Å². The molecule has 0 N–H and O–H groups in total. The van der Waals surface area contributed by atoms with Crippen LogP contribution in [0.3, 0.4) is 0 Å². The molecule has 2 rings (SSSR count). The first-order valence-corrected chi connectivity index (χ1v) is 8.85. The van der Waals surface area contributed by atoms with E-state index in [0.29, 0.717) is 13.0 Å². The van der Waals surface area contributed by atoms with Gasteiger partial charge in [0.25, 0.3) is 0 Å². The van der Waals surface area contributed by atoms with Gasteiger partial charge in [-0.25, -0.2) is 8.42 Å². The molecule has 0 radical (unpaired) electrons. The van der Waals surface area contributed by atoms with Gasteiger partial charge in [-0.15, -0.1) is 0 Å². The maximum atomic E-state index is 12.0. The number of amides is 1. The van der Waals surface area contributed by atoms with Gasteiger partial charge in [0.1, 0.15) is 5.75 Å². The highest BCUT2D eigenvalue weighted by Crippen LogP contribution is 2.17. The van der Waals surface area contributed by atoms with Crippen molar-refractivity contribution in [2.45, 2.75) is 25.8 Å². The maximum absolute atomic E-state index is 12.0. The standard InChI is InChI=1S/C15H21NO4S/c1-12-3-5-14(6-4-12)20-9-7-15(17)16(2)13-8-10-21(18,19)11-13/h3-6,13H,7-11H2,1-2H3. The molecule has 0 saturated carbocycles. The predicted molar refractivity (Wildman–Crippen MR) is 81.1 cm³/mol. The summed E-state index contributed by atoms with van der Waals surface area (Å²) in [6.45, 7) is 2.30. The topological polar surface area (TPSA) is 63.7 Å². The lowest BCUT2D eigenvalue weighted by molar-refractivity contribution is -0.132. The molecule has 0 spiro atoms. The predicted octanol–water partition coefficient (Wildman–Crippen LogP) is 1.41. The molecule has 1 aliphatic heterocycles. The third-order valence-electron chi connectivity index (χ3n) is 3.76. The van der Waals surface area contributed by atoms with Crippen LogP contribution in [0, 0.1) is 6.92 Å². The first-order chi connectivity index (χ1) is 9.87. The van der Waals surface area contributed by atoms with E-state index < -0.39 is 9.84 Å². The molecule has 21 heavy (non-hydrogen) atoms. The van der Waals surface area contributed by atoms with Crippen molar-refractivity contribution in [3.05, 3.63) is 29.8 Å². The van der Waals surface area contributed by atoms with Gasteiger partial charge in [0.2, 0.25) is 5.91 Å². The largest absolute Gasteiger partial charge is 0.493 e. The zero-order valence-electron chi connectivity index (χ0n) is 12.4. The molecule has 1 aliphatic rings. The summed E-state index contributed by atoms with van der Waals surface area (Å²) in [6, 6.07) is 7.45. The van der Waals surface area contributed by atoms with Gasteiger partial charge in [-0.1, -0.05) is 17.7 Å². The van der Waals surface area contributed by atoms with Crippen LogP contribution in [0.2, 0.25) is 0 Å². The Morgan fingerprint density at radius 2 is 2.00 bits per heavy atom. The Kier molecular flexibility index (Phi) is 4.88. The van der Waals surface area contributed by atoms with Crippen LogP contribution < -0.4 is 4.74 Å². The Bertz CT molecular complexity index is 595. The maximum Gasteiger partial charge on any atom is 0.226 e. The molecule has 1 aromatic rings. The van der Waals surface area contributed by atoms with Crippen LogP contribution in [0.25, 0.3) is 0 Å². The van der Waals surface area contributed by atoms with E-state index >= 15 is 0 Å². The van der Waals surface area contributed by atoms with E-state index in [1.54, 1.807) is 11.9 Å². The summed E-state index contributed by atoms with van der Waals surface area (Å²) >= 11 is 0. The van der Waals surface area contributed by atoms with E-state index in [9.17, 15) is 13.2 Å². The van der Waals surface area contributed by atoms with Crippen molar-refractivity contribution in [3.8, 4) is 5.75 Å². The fourth-order valence-corrected chi connectivity index (χ4v) is 4.13. The quantitative estimate of drug-likeness (QED) is 0.825. The first kappa shape index (κ1) is 15.8. The Morgan fingerprint density at radius 1 is 1.33 bits per heavy atom. The molecular weight excluding hydrogens is 290 g/mol. The number of hydrogen-bond acceptors (Lipinski definition) is 4. The highest BCUT2D eigenvalue weighted by atomic mass is 32.2. The molecule has 1 unspecified atom stereocenters. The summed E-state index contributed by atoms with van der Waals surface area (Å²) in [5.74, 6) is 0.909. The Labute approximate surface area is 125 Å². The highest BCUT2D eigenvalue weighted by molar-refractivity contribution is 7.91. The zero-order valence-corrected chi connectivity index (χ0v) is 13.2. The second-order valence-electron chi connectivity index (χ2n) is 5.47. The van der Waals surface area contributed by atoms with Gasteiger partial charge < -0.3 is 9.64 Å². The summed E-state index contributed by atoms with van der Waals surface area (Å²) in [5, 5.41) is 0. The van der Waals surface area contributed by atoms with E-state index in [0.717, 1.165) is 11.3 Å². The van der Waals surface area contributed by atoms with Gasteiger partial charge in [0.05, 0.1) is 24.5 Å². The molecule has 5 nitrogen and oxygen atoms in total. The molecule has 0 bridgehead atoms. The van der Waals surface area contributed by atoms with Gasteiger partial charge in [-0.3, -0.25) is 4.79 Å². The molecule has 116 valence electrons. The molecule has 0 aliphatic carbocycles. The van der Waals surface area contributed by atoms with Crippen molar-refractivity contribution in [3.63, 3.8) is 0 Å². The van der Waals surface area contributed by atoms with E-state index in [-0.39, 0.29) is 29.9 Å². The average molecular weight is 311 g/mol. The molecule has 1 aromatic carbocycles. The Hall–Kier alpha value is -1.56. The molecule has 1 heterocycles. The van der Waals surface area contributed by atoms with Crippen LogP contribution >= 0.6 is 0 Å². The monoisotopic (exact) mass is 311 g/mol. The third kappa shape index (κ3) is 4.46. The zero-order chi connectivity index (χ0) is 15.5. The number of sulfone groups is 1. The van der Waals surface area contributed by atoms with Crippen molar-refractivity contribution >= 4 is 15.7 Å². The van der Waals surface area contributed by atoms with Crippen LogP contribution in [0.15, 0.2) is 24.3 Å². The van der Waals surface area contributed by atoms with Gasteiger partial charge in [0.15, 0.2) is 9.84 Å². The molecular formula is C15H21NO4S. The van der Waals surface area contributed by atoms with Crippen LogP contribution in [-0.4, -0.2) is 50.4 Å². The minimum Gasteiger partial charge on any atom is -0.493 e. The number of hydrogen-bond donors (Lipinski definition) is 0. The number of aryl methyl sites for hydroxylation is 1. The molecule has 1 atom stereocenters. The van der Waals surface area contributed by atoms with E-state index in [2.05, 4.69) is 0 Å². The van der Waals surface area contributed by atoms with E-state index in [4.69, 9.17) is 4.74 Å². The van der Waals surface area contributed by atoms with Crippen molar-refractivity contribution in [1.29, 1.82) is 0 Å². The van der Waals surface area contributed by atoms with Crippen LogP contribution in [-0.2, 0) is 14.6 Å². The Balaban J connectivity index is 1.78. The number of ether oxygens (including phenoxy) is 1. The van der Waals surface area contributed by atoms with E-state index in [1.807, 2.05) is 31.2 Å². The second kappa shape index (κ2) is 6.47. The van der Waals surface area contributed by atoms with Gasteiger partial charge in [-0.05, 0) is 25.5 Å². The lowest BCUT2D eigenvalue weighted by atomic mass is 10.2. The lowest BCUT2D eigenvalue weighted by Crippen LogP contribution is -2.38. The summed E-state index contributed by atoms with van der Waals surface area (Å²) in [5.41, 5.74) is 1.15. The number of benzene rings is 1. The summed E-state index contributed by atoms with van der Waals surface area (Å²) < 4.78 is 28.4. The number of nitrogens with zero attached hydrogens (tertiary/aromatic N) is 1. The SMILES string of the molecule is Cc1ccc(OCCC(=O)N(C)C2CCS(=O)(=O)C2)cc1. The van der Waals surface area contributed by atoms with Crippen LogP contribution in [0.1, 0.15) is 18.4 Å². The minimum atomic E-state index is -2.97. The highest BCUT2D eigenvalue weighted by Gasteiger charge is 2.32. The van der Waals surface area contributed by atoms with Crippen molar-refractivity contribution in [2.24, 2.45) is 0 Å². The molecule has 1 amide bonds. The molecule has 1 fully saturated rings. The van der Waals surface area contributed by atoms with Crippen LogP contribution in [0.5, 0.6) is 5.75 Å². The summed E-state index contributed by atoms with van der Waals surface area (Å²) in [6.07, 6.45) is 0.782.